The summed E-state index contributed by atoms with van der Waals surface area (Å²) in [5, 5.41) is -7.93. The minimum Gasteiger partial charge on any atom is -0.456 e. The van der Waals surface area contributed by atoms with Crippen molar-refractivity contribution in [3.63, 3.8) is 0 Å². The van der Waals surface area contributed by atoms with Gasteiger partial charge in [-0.15, -0.1) is 0 Å². The first kappa shape index (κ1) is 13.0. The topological polar surface area (TPSA) is 13.1 Å². The fourth-order valence-electron chi connectivity index (χ4n) is 7.48. The monoisotopic (exact) mass is 724 g/mol. The van der Waals surface area contributed by atoms with Gasteiger partial charge in [0.2, 0.25) is 0 Å². The maximum atomic E-state index is 10.5. The summed E-state index contributed by atoms with van der Waals surface area (Å²) < 4.78 is 285. The van der Waals surface area contributed by atoms with Crippen molar-refractivity contribution in [3.05, 3.63) is 181 Å². The smallest absolute Gasteiger partial charge is 0.136 e. The third-order valence-corrected chi connectivity index (χ3v) is 9.89. The van der Waals surface area contributed by atoms with Crippen LogP contribution < -0.4 is 0 Å². The van der Waals surface area contributed by atoms with Crippen molar-refractivity contribution < 1.29 is 45.5 Å². The van der Waals surface area contributed by atoms with Crippen LogP contribution in [0, 0.1) is 0 Å². The average molecular weight is 725 g/mol. The standard InChI is InChI=1S/C54H30O/c1-2-10-42-31(5-1)20-28-49-54(42)47-30-39(21-27-48(47)55-49)41-23-19-38(40-22-15-36-13-11-32-6-3-8-34-17-25-44(40)52(36)50(32)34)29-46(41)43-24-16-37-14-12-33-7-4-9-35-18-26-45(43)53(37)51(33)35/h1-30H/i1D,2D,3D,4D,5D,6D,7D,8D,9D,10D,11D,12D,13D,14D,15D,16D,17D,18D,19D,20D,21D,22D,23D,24D,25D,26D,27D,28D,29D,30D. The zero-order valence-electron chi connectivity index (χ0n) is 57.4. The van der Waals surface area contributed by atoms with E-state index in [-0.39, 0.29) is 10.8 Å². The molecule has 55 heavy (non-hydrogen) atoms. The Morgan fingerprint density at radius 3 is 1.47 bits per heavy atom. The molecule has 0 radical (unpaired) electrons. The van der Waals surface area contributed by atoms with Gasteiger partial charge in [0, 0.05) is 10.8 Å². The van der Waals surface area contributed by atoms with E-state index in [9.17, 15) is 20.6 Å². The first-order valence-electron chi connectivity index (χ1n) is 31.7. The lowest BCUT2D eigenvalue weighted by atomic mass is 9.84. The molecule has 0 spiro atoms. The molecule has 0 atom stereocenters. The molecular formula is C54H30O. The van der Waals surface area contributed by atoms with Gasteiger partial charge >= 0.3 is 0 Å². The van der Waals surface area contributed by atoms with E-state index in [4.69, 9.17) is 25.0 Å². The van der Waals surface area contributed by atoms with E-state index in [2.05, 4.69) is 0 Å². The average Bonchev–Trinajstić information content (AvgIpc) is 0.821. The van der Waals surface area contributed by atoms with Gasteiger partial charge in [-0.05, 0) is 133 Å². The molecule has 1 aromatic heterocycles. The summed E-state index contributed by atoms with van der Waals surface area (Å²) >= 11 is 0. The number of rotatable bonds is 3. The molecule has 0 aliphatic carbocycles. The van der Waals surface area contributed by atoms with Gasteiger partial charge in [0.05, 0.1) is 41.1 Å². The molecule has 0 bridgehead atoms. The summed E-state index contributed by atoms with van der Waals surface area (Å²) in [6.07, 6.45) is 0. The predicted molar refractivity (Wildman–Crippen MR) is 235 cm³/mol. The largest absolute Gasteiger partial charge is 0.456 e. The molecule has 1 nitrogen and oxygen atoms in total. The van der Waals surface area contributed by atoms with Crippen LogP contribution in [-0.4, -0.2) is 0 Å². The van der Waals surface area contributed by atoms with Crippen LogP contribution >= 0.6 is 0 Å². The van der Waals surface area contributed by atoms with Crippen LogP contribution in [0.25, 0.3) is 131 Å². The van der Waals surface area contributed by atoms with Crippen molar-refractivity contribution in [1.82, 2.24) is 0 Å². The number of furan rings is 1. The fourth-order valence-corrected chi connectivity index (χ4v) is 7.48. The molecule has 0 N–H and O–H groups in total. The highest BCUT2D eigenvalue weighted by atomic mass is 16.3. The van der Waals surface area contributed by atoms with Crippen LogP contribution in [0.2, 0.25) is 0 Å². The molecule has 0 unspecified atom stereocenters. The van der Waals surface area contributed by atoms with Crippen LogP contribution in [-0.2, 0) is 0 Å². The van der Waals surface area contributed by atoms with Crippen LogP contribution in [0.15, 0.2) is 186 Å². The molecule has 0 saturated heterocycles. The molecule has 252 valence electrons. The molecule has 13 aromatic rings. The number of fused-ring (bicyclic) bond motifs is 5. The third kappa shape index (κ3) is 4.02. The van der Waals surface area contributed by atoms with E-state index in [0.29, 0.717) is 0 Å². The SMILES string of the molecule is [2H]c1c([2H])c(-c2c([2H])c([2H])c3oc4c([2H])c([2H])c5c([2H])c([2H])c([2H])c([2H])c5c4c3c2[2H])c(-c2c([2H])c([2H])c3c([2H])c([2H])c4c([2H])c([2H])c([2H])c5c([2H])c([2H])c2c3c45)c([2H])c1-c1c([2H])c([2H])c2c([2H])c([2H])c3c([2H])c([2H])c([2H])c4c([2H])c([2H])c1c2c34. The predicted octanol–water partition coefficient (Wildman–Crippen LogP) is 15.5. The van der Waals surface area contributed by atoms with Gasteiger partial charge in [0.1, 0.15) is 11.2 Å². The Bertz CT molecular complexity index is 5420. The number of hydrogen-bond acceptors (Lipinski definition) is 1. The van der Waals surface area contributed by atoms with Crippen LogP contribution in [0.4, 0.5) is 0 Å². The van der Waals surface area contributed by atoms with E-state index in [1.807, 2.05) is 0 Å². The van der Waals surface area contributed by atoms with Gasteiger partial charge in [-0.25, -0.2) is 0 Å². The minimum absolute atomic E-state index is 0.347. The summed E-state index contributed by atoms with van der Waals surface area (Å²) in [5.74, 6) is 0. The lowest BCUT2D eigenvalue weighted by Crippen LogP contribution is -1.92. The number of benzene rings is 12. The Labute approximate surface area is 358 Å². The normalized spacial score (nSPS) is 20.0. The Hall–Kier alpha value is -7.22. The molecule has 0 saturated carbocycles. The van der Waals surface area contributed by atoms with E-state index >= 15 is 0 Å². The highest BCUT2D eigenvalue weighted by Crippen LogP contribution is 2.46. The van der Waals surface area contributed by atoms with Gasteiger partial charge < -0.3 is 4.42 Å². The van der Waals surface area contributed by atoms with E-state index in [1.54, 1.807) is 0 Å². The molecular weight excluding hydrogens is 665 g/mol. The second-order valence-corrected chi connectivity index (χ2v) is 12.8. The summed E-state index contributed by atoms with van der Waals surface area (Å²) in [7, 11) is 0. The lowest BCUT2D eigenvalue weighted by molar-refractivity contribution is 0.669. The van der Waals surface area contributed by atoms with Crippen molar-refractivity contribution in [2.24, 2.45) is 0 Å². The van der Waals surface area contributed by atoms with Crippen LogP contribution in [0.1, 0.15) is 41.1 Å². The van der Waals surface area contributed by atoms with Crippen LogP contribution in [0.3, 0.4) is 0 Å². The summed E-state index contributed by atoms with van der Waals surface area (Å²) in [4.78, 5) is 0. The third-order valence-electron chi connectivity index (χ3n) is 9.89. The summed E-state index contributed by atoms with van der Waals surface area (Å²) in [6.45, 7) is 0. The maximum Gasteiger partial charge on any atom is 0.136 e. The maximum absolute atomic E-state index is 10.5. The second kappa shape index (κ2) is 10.7. The summed E-state index contributed by atoms with van der Waals surface area (Å²) in [6, 6.07) is -26.6. The summed E-state index contributed by atoms with van der Waals surface area (Å²) in [5.41, 5.74) is -6.57. The molecule has 1 heterocycles. The Morgan fingerprint density at radius 2 is 0.764 bits per heavy atom. The van der Waals surface area contributed by atoms with Gasteiger partial charge in [0.25, 0.3) is 0 Å². The molecule has 1 heteroatoms. The molecule has 0 aliphatic heterocycles. The molecule has 0 amide bonds. The van der Waals surface area contributed by atoms with Crippen molar-refractivity contribution in [3.8, 4) is 33.4 Å². The Balaban J connectivity index is 1.33. The quantitative estimate of drug-likeness (QED) is 0.165. The van der Waals surface area contributed by atoms with E-state index in [1.165, 1.54) is 0 Å². The lowest BCUT2D eigenvalue weighted by Gasteiger charge is -2.19. The zero-order valence-corrected chi connectivity index (χ0v) is 27.4. The second-order valence-electron chi connectivity index (χ2n) is 12.8. The first-order valence-corrected chi connectivity index (χ1v) is 16.7. The van der Waals surface area contributed by atoms with Crippen molar-refractivity contribution in [2.45, 2.75) is 0 Å². The highest BCUT2D eigenvalue weighted by Gasteiger charge is 2.19. The molecule has 0 aliphatic rings. The first-order chi connectivity index (χ1) is 39.8. The van der Waals surface area contributed by atoms with Crippen molar-refractivity contribution in [2.75, 3.05) is 0 Å². The van der Waals surface area contributed by atoms with Crippen LogP contribution in [0.5, 0.6) is 0 Å². The van der Waals surface area contributed by atoms with Crippen molar-refractivity contribution in [1.29, 1.82) is 0 Å². The fraction of sp³-hybridized carbons (Fsp3) is 0. The number of hydrogen-bond donors (Lipinski definition) is 0. The van der Waals surface area contributed by atoms with E-state index < -0.39 is 301 Å². The zero-order chi connectivity index (χ0) is 61.9. The van der Waals surface area contributed by atoms with Gasteiger partial charge in [-0.2, -0.15) is 0 Å². The van der Waals surface area contributed by atoms with E-state index in [0.717, 1.165) is 0 Å². The Kier molecular flexibility index (Phi) is 2.52. The molecule has 12 aromatic carbocycles. The van der Waals surface area contributed by atoms with Gasteiger partial charge in [0.15, 0.2) is 0 Å². The van der Waals surface area contributed by atoms with Crippen molar-refractivity contribution >= 4 is 97.3 Å². The van der Waals surface area contributed by atoms with Gasteiger partial charge in [-0.3, -0.25) is 0 Å². The Morgan fingerprint density at radius 1 is 0.273 bits per heavy atom. The highest BCUT2D eigenvalue weighted by molar-refractivity contribution is 6.27. The molecule has 13 rings (SSSR count). The minimum atomic E-state index is -1.18. The molecule has 0 fully saturated rings. The van der Waals surface area contributed by atoms with Gasteiger partial charge in [-0.1, -0.05) is 157 Å².